The van der Waals surface area contributed by atoms with E-state index < -0.39 is 0 Å². The maximum Gasteiger partial charge on any atom is 0.126 e. The van der Waals surface area contributed by atoms with Crippen LogP contribution in [-0.4, -0.2) is 29.4 Å². The van der Waals surface area contributed by atoms with Crippen LogP contribution >= 0.6 is 0 Å². The van der Waals surface area contributed by atoms with Gasteiger partial charge >= 0.3 is 0 Å². The average molecular weight is 242 g/mol. The molecule has 0 aliphatic carbocycles. The normalized spacial score (nSPS) is 12.6. The van der Waals surface area contributed by atoms with Crippen LogP contribution in [0.5, 0.6) is 0 Å². The summed E-state index contributed by atoms with van der Waals surface area (Å²) in [5, 5.41) is 0. The standard InChI is InChI=1S/C14H18N4/c1-6-12(8-16-7-2)14-13(9-15-5)10(3)17-11(4)18-14/h6-9H,2H2,1,3-5H3/b12-6+,15-9?,16-8?. The van der Waals surface area contributed by atoms with E-state index in [1.807, 2.05) is 26.8 Å². The molecule has 1 rings (SSSR count). The largest absolute Gasteiger partial charge is 0.296 e. The Morgan fingerprint density at radius 3 is 2.56 bits per heavy atom. The number of hydrogen-bond acceptors (Lipinski definition) is 4. The Kier molecular flexibility index (Phi) is 5.11. The number of aromatic nitrogens is 2. The van der Waals surface area contributed by atoms with Crippen molar-refractivity contribution in [2.24, 2.45) is 9.98 Å². The van der Waals surface area contributed by atoms with Crippen molar-refractivity contribution in [3.8, 4) is 0 Å². The molecule has 0 aliphatic heterocycles. The quantitative estimate of drug-likeness (QED) is 0.762. The zero-order valence-electron chi connectivity index (χ0n) is 11.3. The van der Waals surface area contributed by atoms with Crippen molar-refractivity contribution in [2.45, 2.75) is 20.8 Å². The molecule has 0 radical (unpaired) electrons. The molecular formula is C14H18N4. The SMILES string of the molecule is C=CN=C/C(=C\C)c1nc(C)nc(C)c1C=NC. The van der Waals surface area contributed by atoms with E-state index in [0.717, 1.165) is 28.3 Å². The molecule has 0 atom stereocenters. The predicted octanol–water partition coefficient (Wildman–Crippen LogP) is 2.76. The molecule has 0 bridgehead atoms. The summed E-state index contributed by atoms with van der Waals surface area (Å²) in [5.41, 5.74) is 3.61. The summed E-state index contributed by atoms with van der Waals surface area (Å²) in [6.45, 7) is 9.35. The fourth-order valence-corrected chi connectivity index (χ4v) is 1.63. The van der Waals surface area contributed by atoms with E-state index in [-0.39, 0.29) is 0 Å². The van der Waals surface area contributed by atoms with Crippen molar-refractivity contribution in [3.63, 3.8) is 0 Å². The lowest BCUT2D eigenvalue weighted by Crippen LogP contribution is -2.05. The van der Waals surface area contributed by atoms with Gasteiger partial charge in [-0.2, -0.15) is 0 Å². The van der Waals surface area contributed by atoms with Crippen molar-refractivity contribution in [3.05, 3.63) is 41.6 Å². The fourth-order valence-electron chi connectivity index (χ4n) is 1.63. The molecule has 1 heterocycles. The molecule has 0 spiro atoms. The second kappa shape index (κ2) is 6.59. The van der Waals surface area contributed by atoms with Gasteiger partial charge in [-0.05, 0) is 20.8 Å². The van der Waals surface area contributed by atoms with Gasteiger partial charge in [-0.1, -0.05) is 12.7 Å². The first-order chi connectivity index (χ1) is 8.63. The van der Waals surface area contributed by atoms with Crippen molar-refractivity contribution < 1.29 is 0 Å². The Morgan fingerprint density at radius 1 is 1.28 bits per heavy atom. The molecular weight excluding hydrogens is 224 g/mol. The maximum absolute atomic E-state index is 4.48. The number of aryl methyl sites for hydroxylation is 2. The Bertz CT molecular complexity index is 525. The van der Waals surface area contributed by atoms with E-state index in [1.54, 1.807) is 19.5 Å². The molecule has 0 unspecified atom stereocenters. The van der Waals surface area contributed by atoms with Gasteiger partial charge in [0, 0.05) is 36.8 Å². The topological polar surface area (TPSA) is 50.5 Å². The van der Waals surface area contributed by atoms with Gasteiger partial charge in [0.05, 0.1) is 11.4 Å². The summed E-state index contributed by atoms with van der Waals surface area (Å²) >= 11 is 0. The third-order valence-electron chi connectivity index (χ3n) is 2.41. The zero-order valence-corrected chi connectivity index (χ0v) is 11.3. The highest BCUT2D eigenvalue weighted by atomic mass is 14.9. The summed E-state index contributed by atoms with van der Waals surface area (Å²) in [6, 6.07) is 0. The molecule has 94 valence electrons. The van der Waals surface area contributed by atoms with E-state index >= 15 is 0 Å². The molecule has 1 aromatic heterocycles. The zero-order chi connectivity index (χ0) is 13.5. The molecule has 4 heteroatoms. The molecule has 0 aliphatic rings. The van der Waals surface area contributed by atoms with Gasteiger partial charge in [0.1, 0.15) is 5.82 Å². The van der Waals surface area contributed by atoms with Crippen LogP contribution in [0.3, 0.4) is 0 Å². The van der Waals surface area contributed by atoms with Crippen molar-refractivity contribution in [1.82, 2.24) is 9.97 Å². The highest BCUT2D eigenvalue weighted by Gasteiger charge is 2.10. The second-order valence-corrected chi connectivity index (χ2v) is 3.71. The smallest absolute Gasteiger partial charge is 0.126 e. The number of aliphatic imine (C=N–C) groups is 2. The number of rotatable bonds is 4. The van der Waals surface area contributed by atoms with Gasteiger partial charge in [-0.15, -0.1) is 0 Å². The molecule has 0 saturated carbocycles. The van der Waals surface area contributed by atoms with Gasteiger partial charge in [-0.3, -0.25) is 9.98 Å². The van der Waals surface area contributed by atoms with Crippen LogP contribution in [0.1, 0.15) is 29.7 Å². The predicted molar refractivity (Wildman–Crippen MR) is 77.4 cm³/mol. The summed E-state index contributed by atoms with van der Waals surface area (Å²) in [5.74, 6) is 0.738. The first kappa shape index (κ1) is 14.0. The van der Waals surface area contributed by atoms with Gasteiger partial charge in [0.15, 0.2) is 0 Å². The Balaban J connectivity index is 3.45. The van der Waals surface area contributed by atoms with Crippen LogP contribution in [-0.2, 0) is 0 Å². The molecule has 0 N–H and O–H groups in total. The van der Waals surface area contributed by atoms with Crippen molar-refractivity contribution in [1.29, 1.82) is 0 Å². The molecule has 0 amide bonds. The number of allylic oxidation sites excluding steroid dienone is 2. The molecule has 1 aromatic rings. The van der Waals surface area contributed by atoms with E-state index in [4.69, 9.17) is 0 Å². The van der Waals surface area contributed by atoms with E-state index in [2.05, 4.69) is 26.5 Å². The second-order valence-electron chi connectivity index (χ2n) is 3.71. The molecule has 0 fully saturated rings. The Labute approximate surface area is 108 Å². The Hall–Kier alpha value is -2.10. The summed E-state index contributed by atoms with van der Waals surface area (Å²) < 4.78 is 0. The lowest BCUT2D eigenvalue weighted by atomic mass is 10.1. The minimum atomic E-state index is 0.738. The molecule has 0 aromatic carbocycles. The van der Waals surface area contributed by atoms with Crippen LogP contribution in [0, 0.1) is 13.8 Å². The minimum absolute atomic E-state index is 0.738. The summed E-state index contributed by atoms with van der Waals surface area (Å²) in [4.78, 5) is 16.9. The van der Waals surface area contributed by atoms with Crippen molar-refractivity contribution in [2.75, 3.05) is 7.05 Å². The first-order valence-electron chi connectivity index (χ1n) is 5.72. The summed E-state index contributed by atoms with van der Waals surface area (Å²) in [6.07, 6.45) is 6.97. The molecule has 18 heavy (non-hydrogen) atoms. The minimum Gasteiger partial charge on any atom is -0.296 e. The van der Waals surface area contributed by atoms with Gasteiger partial charge < -0.3 is 0 Å². The van der Waals surface area contributed by atoms with Crippen LogP contribution in [0.25, 0.3) is 5.57 Å². The van der Waals surface area contributed by atoms with Gasteiger partial charge in [-0.25, -0.2) is 9.97 Å². The van der Waals surface area contributed by atoms with Gasteiger partial charge in [0.25, 0.3) is 0 Å². The van der Waals surface area contributed by atoms with E-state index in [0.29, 0.717) is 0 Å². The lowest BCUT2D eigenvalue weighted by molar-refractivity contribution is 0.994. The average Bonchev–Trinajstić information content (AvgIpc) is 2.34. The first-order valence-corrected chi connectivity index (χ1v) is 5.72. The highest BCUT2D eigenvalue weighted by Crippen LogP contribution is 2.17. The van der Waals surface area contributed by atoms with Crippen LogP contribution in [0.15, 0.2) is 28.8 Å². The van der Waals surface area contributed by atoms with Crippen LogP contribution < -0.4 is 0 Å². The number of nitrogens with zero attached hydrogens (tertiary/aromatic N) is 4. The lowest BCUT2D eigenvalue weighted by Gasteiger charge is -2.09. The summed E-state index contributed by atoms with van der Waals surface area (Å²) in [7, 11) is 1.73. The van der Waals surface area contributed by atoms with Crippen LogP contribution in [0.2, 0.25) is 0 Å². The van der Waals surface area contributed by atoms with Gasteiger partial charge in [0.2, 0.25) is 0 Å². The highest BCUT2D eigenvalue weighted by molar-refractivity contribution is 6.11. The van der Waals surface area contributed by atoms with Crippen molar-refractivity contribution >= 4 is 18.0 Å². The monoisotopic (exact) mass is 242 g/mol. The van der Waals surface area contributed by atoms with Crippen LogP contribution in [0.4, 0.5) is 0 Å². The maximum atomic E-state index is 4.48. The number of hydrogen-bond donors (Lipinski definition) is 0. The van der Waals surface area contributed by atoms with E-state index in [1.165, 1.54) is 6.20 Å². The van der Waals surface area contributed by atoms with E-state index in [9.17, 15) is 0 Å². The molecule has 4 nitrogen and oxygen atoms in total. The third kappa shape index (κ3) is 3.20. The third-order valence-corrected chi connectivity index (χ3v) is 2.41. The Morgan fingerprint density at radius 2 is 2.00 bits per heavy atom. The molecule has 0 saturated heterocycles. The fraction of sp³-hybridized carbons (Fsp3) is 0.286.